The number of alkyl carbamates (subject to hydrolysis) is 1. The molecule has 0 spiro atoms. The molecule has 140 valence electrons. The molecule has 1 atom stereocenters. The molecule has 0 aromatic heterocycles. The molecule has 7 heteroatoms. The van der Waals surface area contributed by atoms with Crippen molar-refractivity contribution in [1.82, 2.24) is 5.32 Å². The molecule has 0 heterocycles. The lowest BCUT2D eigenvalue weighted by Crippen LogP contribution is -2.60. The van der Waals surface area contributed by atoms with E-state index in [1.54, 1.807) is 13.8 Å². The predicted octanol–water partition coefficient (Wildman–Crippen LogP) is 2.94. The summed E-state index contributed by atoms with van der Waals surface area (Å²) < 4.78 is 16.0. The minimum Gasteiger partial charge on any atom is -0.477 e. The third kappa shape index (κ3) is 6.03. The lowest BCUT2D eigenvalue weighted by molar-refractivity contribution is -0.253. The molecule has 0 saturated heterocycles. The van der Waals surface area contributed by atoms with Gasteiger partial charge in [-0.25, -0.2) is 9.59 Å². The van der Waals surface area contributed by atoms with Crippen LogP contribution in [0.25, 0.3) is 0 Å². The molecule has 0 saturated carbocycles. The molecule has 0 aliphatic rings. The van der Waals surface area contributed by atoms with Gasteiger partial charge in [0.2, 0.25) is 0 Å². The maximum absolute atomic E-state index is 12.1. The summed E-state index contributed by atoms with van der Waals surface area (Å²) >= 11 is 0. The lowest BCUT2D eigenvalue weighted by atomic mass is 10.0. The summed E-state index contributed by atoms with van der Waals surface area (Å²) in [6.07, 6.45) is 0.290. The average molecular weight is 353 g/mol. The van der Waals surface area contributed by atoms with Crippen molar-refractivity contribution >= 4 is 12.1 Å². The second kappa shape index (κ2) is 10.7. The molecule has 2 N–H and O–H groups in total. The van der Waals surface area contributed by atoms with Gasteiger partial charge in [-0.1, -0.05) is 43.7 Å². The van der Waals surface area contributed by atoms with E-state index in [9.17, 15) is 14.7 Å². The summed E-state index contributed by atoms with van der Waals surface area (Å²) in [7, 11) is 0. The zero-order valence-electron chi connectivity index (χ0n) is 15.0. The van der Waals surface area contributed by atoms with E-state index < -0.39 is 23.9 Å². The highest BCUT2D eigenvalue weighted by Gasteiger charge is 2.49. The van der Waals surface area contributed by atoms with Crippen molar-refractivity contribution in [3.05, 3.63) is 35.9 Å². The predicted molar refractivity (Wildman–Crippen MR) is 92.1 cm³/mol. The molecule has 1 amide bonds. The fraction of sp³-hybridized carbons (Fsp3) is 0.556. The summed E-state index contributed by atoms with van der Waals surface area (Å²) in [4.78, 5) is 24.0. The molecule has 1 aromatic carbocycles. The number of benzene rings is 1. The fourth-order valence-corrected chi connectivity index (χ4v) is 2.50. The summed E-state index contributed by atoms with van der Waals surface area (Å²) in [5.74, 6) is -3.22. The Morgan fingerprint density at radius 2 is 1.72 bits per heavy atom. The second-order valence-corrected chi connectivity index (χ2v) is 5.39. The van der Waals surface area contributed by atoms with E-state index in [4.69, 9.17) is 14.2 Å². The van der Waals surface area contributed by atoms with Crippen molar-refractivity contribution in [3.8, 4) is 0 Å². The highest BCUT2D eigenvalue weighted by molar-refractivity contribution is 5.78. The van der Waals surface area contributed by atoms with Crippen LogP contribution in [0.15, 0.2) is 30.3 Å². The number of rotatable bonds is 11. The smallest absolute Gasteiger partial charge is 0.407 e. The molecule has 0 aliphatic heterocycles. The number of hydrogen-bond donors (Lipinski definition) is 2. The van der Waals surface area contributed by atoms with E-state index in [0.29, 0.717) is 12.8 Å². The van der Waals surface area contributed by atoms with Gasteiger partial charge >= 0.3 is 12.1 Å². The molecule has 0 aliphatic carbocycles. The van der Waals surface area contributed by atoms with Crippen LogP contribution in [-0.4, -0.2) is 42.2 Å². The second-order valence-electron chi connectivity index (χ2n) is 5.39. The van der Waals surface area contributed by atoms with Gasteiger partial charge in [-0.15, -0.1) is 0 Å². The van der Waals surface area contributed by atoms with Crippen LogP contribution in [0, 0.1) is 0 Å². The molecule has 0 bridgehead atoms. The Labute approximate surface area is 148 Å². The number of carbonyl (C=O) groups is 2. The third-order valence-electron chi connectivity index (χ3n) is 3.56. The van der Waals surface area contributed by atoms with Crippen LogP contribution in [0.5, 0.6) is 0 Å². The molecule has 1 aromatic rings. The minimum absolute atomic E-state index is 0.0921. The van der Waals surface area contributed by atoms with Gasteiger partial charge < -0.3 is 24.6 Å². The van der Waals surface area contributed by atoms with E-state index in [0.717, 1.165) is 5.56 Å². The van der Waals surface area contributed by atoms with Crippen LogP contribution in [0.1, 0.15) is 39.2 Å². The average Bonchev–Trinajstić information content (AvgIpc) is 2.60. The van der Waals surface area contributed by atoms with Gasteiger partial charge in [0.15, 0.2) is 0 Å². The summed E-state index contributed by atoms with van der Waals surface area (Å²) in [6, 6.07) is 8.34. The third-order valence-corrected chi connectivity index (χ3v) is 3.56. The largest absolute Gasteiger partial charge is 0.477 e. The Morgan fingerprint density at radius 3 is 2.20 bits per heavy atom. The normalized spacial score (nSPS) is 12.4. The molecule has 0 radical (unpaired) electrons. The molecular formula is C18H27NO6. The van der Waals surface area contributed by atoms with Gasteiger partial charge in [-0.3, -0.25) is 0 Å². The van der Waals surface area contributed by atoms with Crippen LogP contribution in [-0.2, 0) is 25.6 Å². The maximum Gasteiger partial charge on any atom is 0.407 e. The fourth-order valence-electron chi connectivity index (χ4n) is 2.50. The van der Waals surface area contributed by atoms with Gasteiger partial charge in [-0.2, -0.15) is 0 Å². The molecule has 1 unspecified atom stereocenters. The topological polar surface area (TPSA) is 94.1 Å². The number of ether oxygens (including phenoxy) is 3. The zero-order chi connectivity index (χ0) is 18.7. The zero-order valence-corrected chi connectivity index (χ0v) is 15.0. The van der Waals surface area contributed by atoms with Gasteiger partial charge in [0.25, 0.3) is 5.79 Å². The molecule has 7 nitrogen and oxygen atoms in total. The van der Waals surface area contributed by atoms with Gasteiger partial charge in [0, 0.05) is 13.2 Å². The number of nitrogens with one attached hydrogen (secondary N) is 1. The number of aliphatic carboxylic acids is 1. The van der Waals surface area contributed by atoms with Crippen LogP contribution in [0.2, 0.25) is 0 Å². The Balaban J connectivity index is 2.84. The quantitative estimate of drug-likeness (QED) is 0.594. The first-order valence-electron chi connectivity index (χ1n) is 8.48. The Morgan fingerprint density at radius 1 is 1.12 bits per heavy atom. The van der Waals surface area contributed by atoms with Crippen molar-refractivity contribution in [2.45, 2.75) is 52.0 Å². The highest BCUT2D eigenvalue weighted by atomic mass is 16.7. The lowest BCUT2D eigenvalue weighted by Gasteiger charge is -2.36. The van der Waals surface area contributed by atoms with Gasteiger partial charge in [0.1, 0.15) is 6.61 Å². The SMILES string of the molecule is CCCC(NC(=O)OCc1ccccc1)C(OCC)(OCC)C(=O)O. The number of hydrogen-bond acceptors (Lipinski definition) is 5. The van der Waals surface area contributed by atoms with Crippen molar-refractivity contribution in [3.63, 3.8) is 0 Å². The Hall–Kier alpha value is -2.12. The number of carbonyl (C=O) groups excluding carboxylic acids is 1. The van der Waals surface area contributed by atoms with Crippen LogP contribution >= 0.6 is 0 Å². The summed E-state index contributed by atoms with van der Waals surface area (Å²) in [5.41, 5.74) is 0.837. The van der Waals surface area contributed by atoms with E-state index in [1.807, 2.05) is 37.3 Å². The molecule has 1 rings (SSSR count). The van der Waals surface area contributed by atoms with Crippen LogP contribution < -0.4 is 5.32 Å². The van der Waals surface area contributed by atoms with Crippen molar-refractivity contribution in [2.75, 3.05) is 13.2 Å². The van der Waals surface area contributed by atoms with Gasteiger partial charge in [0.05, 0.1) is 6.04 Å². The first-order valence-corrected chi connectivity index (χ1v) is 8.48. The van der Waals surface area contributed by atoms with Crippen LogP contribution in [0.3, 0.4) is 0 Å². The summed E-state index contributed by atoms with van der Waals surface area (Å²) in [6.45, 7) is 5.59. The maximum atomic E-state index is 12.1. The standard InChI is InChI=1S/C18H27NO6/c1-4-10-15(18(16(20)21,24-5-2)25-6-3)19-17(22)23-13-14-11-8-7-9-12-14/h7-9,11-12,15H,4-6,10,13H2,1-3H3,(H,19,22)(H,20,21). The van der Waals surface area contributed by atoms with Crippen molar-refractivity contribution in [1.29, 1.82) is 0 Å². The van der Waals surface area contributed by atoms with E-state index >= 15 is 0 Å². The highest BCUT2D eigenvalue weighted by Crippen LogP contribution is 2.23. The van der Waals surface area contributed by atoms with E-state index in [-0.39, 0.29) is 19.8 Å². The molecule has 0 fully saturated rings. The Bertz CT molecular complexity index is 528. The Kier molecular flexibility index (Phi) is 8.94. The van der Waals surface area contributed by atoms with Crippen molar-refractivity contribution in [2.24, 2.45) is 0 Å². The minimum atomic E-state index is -1.94. The first kappa shape index (κ1) is 20.9. The number of carboxylic acids is 1. The van der Waals surface area contributed by atoms with E-state index in [2.05, 4.69) is 5.32 Å². The number of amides is 1. The first-order chi connectivity index (χ1) is 12.0. The van der Waals surface area contributed by atoms with Gasteiger partial charge in [-0.05, 0) is 25.8 Å². The molecule has 25 heavy (non-hydrogen) atoms. The summed E-state index contributed by atoms with van der Waals surface area (Å²) in [5, 5.41) is 12.2. The monoisotopic (exact) mass is 353 g/mol. The van der Waals surface area contributed by atoms with Crippen molar-refractivity contribution < 1.29 is 28.9 Å². The van der Waals surface area contributed by atoms with Crippen LogP contribution in [0.4, 0.5) is 4.79 Å². The molecular weight excluding hydrogens is 326 g/mol. The van der Waals surface area contributed by atoms with E-state index in [1.165, 1.54) is 0 Å². The number of carboxylic acid groups (broad SMARTS) is 1.